The van der Waals surface area contributed by atoms with Crippen molar-refractivity contribution in [3.8, 4) is 0 Å². The van der Waals surface area contributed by atoms with Crippen LogP contribution < -0.4 is 10.2 Å². The number of nitrogens with one attached hydrogen (secondary N) is 2. The van der Waals surface area contributed by atoms with Crippen molar-refractivity contribution in [1.29, 1.82) is 0 Å². The van der Waals surface area contributed by atoms with Gasteiger partial charge in [-0.05, 0) is 49.8 Å². The van der Waals surface area contributed by atoms with E-state index in [2.05, 4.69) is 10.2 Å². The minimum absolute atomic E-state index is 0.0278. The zero-order valence-electron chi connectivity index (χ0n) is 16.8. The molecule has 1 aromatic rings. The number of alkyl halides is 2. The van der Waals surface area contributed by atoms with Gasteiger partial charge in [-0.25, -0.2) is 8.78 Å². The molecule has 7 nitrogen and oxygen atoms in total. The third kappa shape index (κ3) is 4.79. The zero-order valence-corrected chi connectivity index (χ0v) is 16.8. The van der Waals surface area contributed by atoms with Gasteiger partial charge in [0.15, 0.2) is 0 Å². The van der Waals surface area contributed by atoms with Gasteiger partial charge in [0.2, 0.25) is 5.91 Å². The summed E-state index contributed by atoms with van der Waals surface area (Å²) in [5.74, 6) is -0.128. The van der Waals surface area contributed by atoms with Gasteiger partial charge in [-0.1, -0.05) is 0 Å². The zero-order chi connectivity index (χ0) is 21.3. The molecule has 1 heterocycles. The molecule has 0 aromatic heterocycles. The van der Waals surface area contributed by atoms with Crippen molar-refractivity contribution >= 4 is 23.2 Å². The third-order valence-electron chi connectivity index (χ3n) is 5.90. The van der Waals surface area contributed by atoms with Crippen LogP contribution in [0.1, 0.15) is 37.7 Å². The van der Waals surface area contributed by atoms with E-state index in [1.165, 1.54) is 17.0 Å². The number of ether oxygens (including phenoxy) is 1. The predicted octanol–water partition coefficient (Wildman–Crippen LogP) is 3.22. The van der Waals surface area contributed by atoms with Gasteiger partial charge in [0.05, 0.1) is 12.6 Å². The van der Waals surface area contributed by atoms with Gasteiger partial charge < -0.3 is 20.7 Å². The fourth-order valence-electron chi connectivity index (χ4n) is 3.92. The van der Waals surface area contributed by atoms with E-state index in [1.54, 1.807) is 6.07 Å². The van der Waals surface area contributed by atoms with E-state index in [-0.39, 0.29) is 30.3 Å². The number of carbonyl (C=O) groups excluding carboxylic acids is 2. The van der Waals surface area contributed by atoms with Crippen LogP contribution in [0.4, 0.5) is 20.2 Å². The Kier molecular flexibility index (Phi) is 6.31. The van der Waals surface area contributed by atoms with E-state index in [4.69, 9.17) is 10.5 Å². The summed E-state index contributed by atoms with van der Waals surface area (Å²) >= 11 is 0. The number of benzene rings is 1. The van der Waals surface area contributed by atoms with Crippen LogP contribution in [0.25, 0.3) is 5.73 Å². The second-order valence-corrected chi connectivity index (χ2v) is 8.25. The molecule has 9 heteroatoms. The number of nitrogens with zero attached hydrogens (tertiary/aromatic N) is 2. The Hall–Kier alpha value is -2.10. The average molecular weight is 421 g/mol. The Labute approximate surface area is 174 Å². The highest BCUT2D eigenvalue weighted by molar-refractivity contribution is 5.98. The Morgan fingerprint density at radius 3 is 2.67 bits per heavy atom. The summed E-state index contributed by atoms with van der Waals surface area (Å²) < 4.78 is 32.6. The Morgan fingerprint density at radius 2 is 2.07 bits per heavy atom. The van der Waals surface area contributed by atoms with Crippen molar-refractivity contribution in [3.05, 3.63) is 29.5 Å². The normalized spacial score (nSPS) is 20.7. The van der Waals surface area contributed by atoms with Crippen LogP contribution in [0.5, 0.6) is 0 Å². The molecule has 0 unspecified atom stereocenters. The van der Waals surface area contributed by atoms with Gasteiger partial charge in [0, 0.05) is 36.1 Å². The third-order valence-corrected chi connectivity index (χ3v) is 5.90. The largest absolute Gasteiger partial charge is 0.676 e. The van der Waals surface area contributed by atoms with Crippen molar-refractivity contribution in [2.24, 2.45) is 5.92 Å². The molecule has 1 atom stereocenters. The van der Waals surface area contributed by atoms with Crippen LogP contribution in [0.15, 0.2) is 18.2 Å². The highest BCUT2D eigenvalue weighted by Crippen LogP contribution is 2.37. The van der Waals surface area contributed by atoms with Crippen molar-refractivity contribution in [3.63, 3.8) is 0 Å². The van der Waals surface area contributed by atoms with Crippen LogP contribution in [-0.2, 0) is 14.3 Å². The monoisotopic (exact) mass is 421 g/mol. The smallest absolute Gasteiger partial charge is 0.265 e. The SMILES string of the molecule is [NH-]C[C@H](C(=O)Nc1ccc(N2CCOCC2=O)cc1C(F)F)N(CC1CC1)C1CC1. The van der Waals surface area contributed by atoms with Crippen molar-refractivity contribution < 1.29 is 23.1 Å². The molecule has 3 aliphatic rings. The van der Waals surface area contributed by atoms with Crippen LogP contribution in [-0.4, -0.2) is 61.6 Å². The molecule has 2 aliphatic carbocycles. The number of halogens is 2. The summed E-state index contributed by atoms with van der Waals surface area (Å²) in [6, 6.07) is 3.90. The summed E-state index contributed by atoms with van der Waals surface area (Å²) in [6.07, 6.45) is 1.51. The molecule has 30 heavy (non-hydrogen) atoms. The molecule has 0 bridgehead atoms. The first-order valence-corrected chi connectivity index (χ1v) is 10.5. The van der Waals surface area contributed by atoms with E-state index in [0.717, 1.165) is 32.2 Å². The van der Waals surface area contributed by atoms with E-state index in [9.17, 15) is 18.4 Å². The molecule has 0 radical (unpaired) electrons. The summed E-state index contributed by atoms with van der Waals surface area (Å²) in [7, 11) is 0. The number of hydrogen-bond acceptors (Lipinski definition) is 4. The Bertz CT molecular complexity index is 798. The summed E-state index contributed by atoms with van der Waals surface area (Å²) in [5.41, 5.74) is 7.96. The maximum absolute atomic E-state index is 13.8. The topological polar surface area (TPSA) is 85.7 Å². The minimum atomic E-state index is -2.81. The standard InChI is InChI=1S/C21H27F2N4O3/c22-20(23)16-9-15(26-7-8-30-12-19(26)28)5-6-17(16)25-21(29)18(10-24)27(14-3-4-14)11-13-1-2-13/h5-6,9,13-14,18,20,24H,1-4,7-8,10-12H2,(H,25,29)/q-1/t18-/m1/s1. The number of rotatable bonds is 9. The highest BCUT2D eigenvalue weighted by atomic mass is 19.3. The van der Waals surface area contributed by atoms with E-state index in [0.29, 0.717) is 30.8 Å². The molecular weight excluding hydrogens is 394 g/mol. The van der Waals surface area contributed by atoms with E-state index >= 15 is 0 Å². The number of hydrogen-bond donors (Lipinski definition) is 1. The van der Waals surface area contributed by atoms with Crippen LogP contribution >= 0.6 is 0 Å². The molecule has 0 spiro atoms. The molecule has 2 saturated carbocycles. The first-order chi connectivity index (χ1) is 14.5. The Morgan fingerprint density at radius 1 is 1.30 bits per heavy atom. The second-order valence-electron chi connectivity index (χ2n) is 8.25. The fraction of sp³-hybridized carbons (Fsp3) is 0.619. The second kappa shape index (κ2) is 8.95. The van der Waals surface area contributed by atoms with Gasteiger partial charge in [0.25, 0.3) is 12.3 Å². The average Bonchev–Trinajstić information content (AvgIpc) is 3.62. The van der Waals surface area contributed by atoms with Crippen molar-refractivity contribution in [2.75, 3.05) is 43.1 Å². The van der Waals surface area contributed by atoms with Crippen molar-refractivity contribution in [2.45, 2.75) is 44.2 Å². The summed E-state index contributed by atoms with van der Waals surface area (Å²) in [4.78, 5) is 28.5. The van der Waals surface area contributed by atoms with Gasteiger partial charge in [0.1, 0.15) is 6.61 Å². The molecule has 2 N–H and O–H groups in total. The van der Waals surface area contributed by atoms with Gasteiger partial charge in [-0.3, -0.25) is 14.5 Å². The number of amides is 2. The molecule has 2 amide bonds. The minimum Gasteiger partial charge on any atom is -0.676 e. The lowest BCUT2D eigenvalue weighted by molar-refractivity contribution is -0.125. The fourth-order valence-corrected chi connectivity index (χ4v) is 3.92. The molecule has 4 rings (SSSR count). The quantitative estimate of drug-likeness (QED) is 0.663. The maximum Gasteiger partial charge on any atom is 0.265 e. The molecule has 1 saturated heterocycles. The number of morpholine rings is 1. The molecule has 1 aromatic carbocycles. The van der Waals surface area contributed by atoms with Gasteiger partial charge in [-0.15, -0.1) is 6.54 Å². The maximum atomic E-state index is 13.8. The van der Waals surface area contributed by atoms with Gasteiger partial charge >= 0.3 is 0 Å². The van der Waals surface area contributed by atoms with E-state index < -0.39 is 18.4 Å². The Balaban J connectivity index is 1.52. The summed E-state index contributed by atoms with van der Waals surface area (Å²) in [5, 5.41) is 2.63. The highest BCUT2D eigenvalue weighted by Gasteiger charge is 2.38. The first kappa shape index (κ1) is 21.1. The first-order valence-electron chi connectivity index (χ1n) is 10.5. The van der Waals surface area contributed by atoms with Gasteiger partial charge in [-0.2, -0.15) is 0 Å². The number of anilines is 2. The lowest BCUT2D eigenvalue weighted by atomic mass is 10.1. The van der Waals surface area contributed by atoms with Crippen LogP contribution in [0.3, 0.4) is 0 Å². The predicted molar refractivity (Wildman–Crippen MR) is 109 cm³/mol. The lowest BCUT2D eigenvalue weighted by Gasteiger charge is -2.33. The van der Waals surface area contributed by atoms with Crippen LogP contribution in [0.2, 0.25) is 0 Å². The van der Waals surface area contributed by atoms with Crippen LogP contribution in [0, 0.1) is 5.92 Å². The molecule has 3 fully saturated rings. The molecule has 164 valence electrons. The molecular formula is C21H27F2N4O3-. The number of carbonyl (C=O) groups is 2. The van der Waals surface area contributed by atoms with Crippen molar-refractivity contribution in [1.82, 2.24) is 4.90 Å². The lowest BCUT2D eigenvalue weighted by Crippen LogP contribution is -2.48. The summed E-state index contributed by atoms with van der Waals surface area (Å²) in [6.45, 7) is 1.25. The molecule has 1 aliphatic heterocycles. The van der Waals surface area contributed by atoms with E-state index in [1.807, 2.05) is 0 Å².